The third-order valence-electron chi connectivity index (χ3n) is 2.62. The summed E-state index contributed by atoms with van der Waals surface area (Å²) in [6.07, 6.45) is -4.46. The molecule has 0 bridgehead atoms. The minimum Gasteiger partial charge on any atom is -0.457 e. The molecule has 0 atom stereocenters. The molecule has 0 aromatic heterocycles. The van der Waals surface area contributed by atoms with Crippen LogP contribution in [0.2, 0.25) is 5.02 Å². The predicted octanol–water partition coefficient (Wildman–Crippen LogP) is 4.44. The second-order valence-corrected chi connectivity index (χ2v) is 4.62. The summed E-state index contributed by atoms with van der Waals surface area (Å²) in [4.78, 5) is 0. The summed E-state index contributed by atoms with van der Waals surface area (Å²) in [7, 11) is 0. The Morgan fingerprint density at radius 1 is 1.14 bits per heavy atom. The topological polar surface area (TPSA) is 59.1 Å². The van der Waals surface area contributed by atoms with Crippen molar-refractivity contribution in [2.75, 3.05) is 0 Å². The number of alkyl halides is 3. The highest BCUT2D eigenvalue weighted by Gasteiger charge is 2.30. The van der Waals surface area contributed by atoms with Gasteiger partial charge in [-0.1, -0.05) is 17.7 Å². The lowest BCUT2D eigenvalue weighted by atomic mass is 10.1. The van der Waals surface area contributed by atoms with Crippen molar-refractivity contribution in [1.82, 2.24) is 0 Å². The van der Waals surface area contributed by atoms with E-state index in [1.165, 1.54) is 30.3 Å². The Morgan fingerprint density at radius 3 is 2.48 bits per heavy atom. The van der Waals surface area contributed by atoms with E-state index in [-0.39, 0.29) is 22.9 Å². The largest absolute Gasteiger partial charge is 0.457 e. The third-order valence-corrected chi connectivity index (χ3v) is 2.86. The molecular formula is C14H10ClF3N2O. The Bertz CT molecular complexity index is 686. The average Bonchev–Trinajstić information content (AvgIpc) is 2.40. The molecule has 0 radical (unpaired) electrons. The van der Waals surface area contributed by atoms with E-state index in [2.05, 4.69) is 0 Å². The first-order chi connectivity index (χ1) is 9.77. The normalized spacial score (nSPS) is 11.2. The number of nitrogens with one attached hydrogen (secondary N) is 1. The highest BCUT2D eigenvalue weighted by atomic mass is 35.5. The van der Waals surface area contributed by atoms with Gasteiger partial charge in [0.25, 0.3) is 0 Å². The monoisotopic (exact) mass is 314 g/mol. The summed E-state index contributed by atoms with van der Waals surface area (Å²) in [5.74, 6) is -0.139. The molecule has 7 heteroatoms. The summed E-state index contributed by atoms with van der Waals surface area (Å²) < 4.78 is 43.3. The maximum Gasteiger partial charge on any atom is 0.416 e. The molecule has 0 spiro atoms. The number of benzene rings is 2. The molecule has 0 saturated carbocycles. The Labute approximate surface area is 123 Å². The van der Waals surface area contributed by atoms with Crippen LogP contribution in [0.15, 0.2) is 42.5 Å². The molecule has 0 saturated heterocycles. The summed E-state index contributed by atoms with van der Waals surface area (Å²) >= 11 is 5.79. The number of amidine groups is 1. The van der Waals surface area contributed by atoms with Crippen LogP contribution in [0.5, 0.6) is 11.5 Å². The standard InChI is InChI=1S/C14H10ClF3N2O/c15-9-4-5-12(11(7-9)13(19)20)21-10-3-1-2-8(6-10)14(16,17)18/h1-7H,(H3,19,20). The van der Waals surface area contributed by atoms with Crippen molar-refractivity contribution < 1.29 is 17.9 Å². The number of nitrogens with two attached hydrogens (primary N) is 1. The van der Waals surface area contributed by atoms with Crippen LogP contribution in [0.1, 0.15) is 11.1 Å². The molecule has 2 aromatic carbocycles. The summed E-state index contributed by atoms with van der Waals surface area (Å²) in [6, 6.07) is 8.79. The molecular weight excluding hydrogens is 305 g/mol. The van der Waals surface area contributed by atoms with Gasteiger partial charge < -0.3 is 10.5 Å². The fourth-order valence-electron chi connectivity index (χ4n) is 1.66. The van der Waals surface area contributed by atoms with Gasteiger partial charge in [0.05, 0.1) is 11.1 Å². The average molecular weight is 315 g/mol. The Hall–Kier alpha value is -2.21. The van der Waals surface area contributed by atoms with Crippen LogP contribution in [0.3, 0.4) is 0 Å². The van der Waals surface area contributed by atoms with E-state index in [4.69, 9.17) is 27.5 Å². The van der Waals surface area contributed by atoms with Crippen molar-refractivity contribution in [3.05, 3.63) is 58.6 Å². The maximum absolute atomic E-state index is 12.6. The minimum atomic E-state index is -4.46. The highest BCUT2D eigenvalue weighted by molar-refractivity contribution is 6.31. The van der Waals surface area contributed by atoms with Gasteiger partial charge in [-0.3, -0.25) is 5.41 Å². The second kappa shape index (κ2) is 5.65. The first kappa shape index (κ1) is 15.2. The van der Waals surface area contributed by atoms with Crippen molar-refractivity contribution >= 4 is 17.4 Å². The van der Waals surface area contributed by atoms with Crippen LogP contribution in [0, 0.1) is 5.41 Å². The molecule has 0 aliphatic rings. The molecule has 2 aromatic rings. The van der Waals surface area contributed by atoms with Crippen molar-refractivity contribution in [2.24, 2.45) is 5.73 Å². The molecule has 0 amide bonds. The summed E-state index contributed by atoms with van der Waals surface area (Å²) in [5, 5.41) is 7.78. The fraction of sp³-hybridized carbons (Fsp3) is 0.0714. The smallest absolute Gasteiger partial charge is 0.416 e. The second-order valence-electron chi connectivity index (χ2n) is 4.18. The molecule has 0 unspecified atom stereocenters. The SMILES string of the molecule is N=C(N)c1cc(Cl)ccc1Oc1cccc(C(F)(F)F)c1. The van der Waals surface area contributed by atoms with E-state index < -0.39 is 11.7 Å². The maximum atomic E-state index is 12.6. The molecule has 0 aliphatic carbocycles. The molecule has 3 N–H and O–H groups in total. The molecule has 21 heavy (non-hydrogen) atoms. The predicted molar refractivity (Wildman–Crippen MR) is 74.0 cm³/mol. The van der Waals surface area contributed by atoms with Gasteiger partial charge in [0.1, 0.15) is 17.3 Å². The Balaban J connectivity index is 2.37. The Morgan fingerprint density at radius 2 is 1.86 bits per heavy atom. The van der Waals surface area contributed by atoms with Gasteiger partial charge in [-0.25, -0.2) is 0 Å². The lowest BCUT2D eigenvalue weighted by molar-refractivity contribution is -0.137. The number of hydrogen-bond acceptors (Lipinski definition) is 2. The van der Waals surface area contributed by atoms with Crippen molar-refractivity contribution in [2.45, 2.75) is 6.18 Å². The van der Waals surface area contributed by atoms with E-state index in [9.17, 15) is 13.2 Å². The van der Waals surface area contributed by atoms with E-state index >= 15 is 0 Å². The van der Waals surface area contributed by atoms with Crippen LogP contribution in [-0.2, 0) is 6.18 Å². The van der Waals surface area contributed by atoms with E-state index in [1.54, 1.807) is 0 Å². The molecule has 0 heterocycles. The van der Waals surface area contributed by atoms with Crippen LogP contribution in [0.25, 0.3) is 0 Å². The zero-order valence-corrected chi connectivity index (χ0v) is 11.3. The highest BCUT2D eigenvalue weighted by Crippen LogP contribution is 2.33. The number of ether oxygens (including phenoxy) is 1. The first-order valence-electron chi connectivity index (χ1n) is 5.76. The van der Waals surface area contributed by atoms with Gasteiger partial charge in [0.15, 0.2) is 0 Å². The van der Waals surface area contributed by atoms with Gasteiger partial charge in [-0.15, -0.1) is 0 Å². The lowest BCUT2D eigenvalue weighted by Crippen LogP contribution is -2.12. The van der Waals surface area contributed by atoms with Crippen LogP contribution in [-0.4, -0.2) is 5.84 Å². The van der Waals surface area contributed by atoms with Gasteiger partial charge >= 0.3 is 6.18 Å². The van der Waals surface area contributed by atoms with Crippen LogP contribution >= 0.6 is 11.6 Å². The fourth-order valence-corrected chi connectivity index (χ4v) is 1.84. The summed E-state index contributed by atoms with van der Waals surface area (Å²) in [6.45, 7) is 0. The van der Waals surface area contributed by atoms with Gasteiger partial charge in [0.2, 0.25) is 0 Å². The number of nitrogen functional groups attached to an aromatic ring is 1. The zero-order valence-electron chi connectivity index (χ0n) is 10.5. The van der Waals surface area contributed by atoms with E-state index in [1.807, 2.05) is 0 Å². The molecule has 2 rings (SSSR count). The number of hydrogen-bond donors (Lipinski definition) is 2. The van der Waals surface area contributed by atoms with Gasteiger partial charge in [-0.05, 0) is 36.4 Å². The quantitative estimate of drug-likeness (QED) is 0.650. The van der Waals surface area contributed by atoms with Crippen molar-refractivity contribution in [1.29, 1.82) is 5.41 Å². The van der Waals surface area contributed by atoms with Crippen LogP contribution < -0.4 is 10.5 Å². The summed E-state index contributed by atoms with van der Waals surface area (Å²) in [5.41, 5.74) is 4.79. The number of halogens is 4. The molecule has 0 aliphatic heterocycles. The van der Waals surface area contributed by atoms with Gasteiger partial charge in [0, 0.05) is 5.02 Å². The molecule has 3 nitrogen and oxygen atoms in total. The van der Waals surface area contributed by atoms with Crippen molar-refractivity contribution in [3.8, 4) is 11.5 Å². The zero-order chi connectivity index (χ0) is 15.6. The number of rotatable bonds is 3. The lowest BCUT2D eigenvalue weighted by Gasteiger charge is -2.12. The molecule has 110 valence electrons. The minimum absolute atomic E-state index is 0.00496. The van der Waals surface area contributed by atoms with Crippen molar-refractivity contribution in [3.63, 3.8) is 0 Å². The van der Waals surface area contributed by atoms with Crippen LogP contribution in [0.4, 0.5) is 13.2 Å². The first-order valence-corrected chi connectivity index (χ1v) is 6.14. The third kappa shape index (κ3) is 3.66. The van der Waals surface area contributed by atoms with E-state index in [0.29, 0.717) is 5.02 Å². The molecule has 0 fully saturated rings. The van der Waals surface area contributed by atoms with Gasteiger partial charge in [-0.2, -0.15) is 13.2 Å². The Kier molecular flexibility index (Phi) is 4.09. The van der Waals surface area contributed by atoms with E-state index in [0.717, 1.165) is 12.1 Å².